The molecule has 12 atom stereocenters. The van der Waals surface area contributed by atoms with Gasteiger partial charge in [-0.1, -0.05) is 100 Å². The van der Waals surface area contributed by atoms with Crippen LogP contribution >= 0.6 is 12.6 Å². The first kappa shape index (κ1) is 81.8. The van der Waals surface area contributed by atoms with Crippen LogP contribution in [0.15, 0.2) is 40.4 Å². The third-order valence-electron chi connectivity index (χ3n) is 15.9. The molecule has 0 unspecified atom stereocenters. The lowest BCUT2D eigenvalue weighted by atomic mass is 9.96. The Morgan fingerprint density at radius 1 is 0.532 bits per heavy atom. The number of aromatic nitrogens is 1. The standard InChI is InChI=1S/C62H107N19O12S/c1-11-35(9)47(64)56(88)75-42(23-18-26-70-62(67)68)54(86)79-48(33(5)6)58(90)77-43(28-37-29-71-39-20-14-13-19-38(37)39)51(83)72-30-46(82)73-45(31-94)55(87)81-50(36(10)12-2)59(91)80-49(34(7)8)57(89)76-40(21-15-16-24-63)52(84)74-41(22-17-25-69-61(65)66)53(85)78-44(60(92)93)27-32(3)4/h13-14,19-20,29,32-36,40-45,47-50,71,94H,11-12,15-18,21-28,30-31,63-64H2,1-10H3,(H,72,83)(H,73,82)(H,74,84)(H,75,88)(H,76,89)(H,77,90)(H,78,85)(H,79,86)(H,80,91)(H,81,87)(H,92,93)(H4,65,66,69)(H4,67,68,70)/t35-,36-,40-,41-,42-,43-,44-,45-,47-,48-,49-,50-/m0/s1. The SMILES string of the molecule is CC[C@H](C)[C@H](N)C(=O)N[C@@H](CCCN=C(N)N)C(=O)N[C@H](C(=O)N[C@@H](Cc1c[nH]c2ccccc12)C(=O)NCC(=O)N[C@@H](CS)C(=O)N[C@H](C(=O)N[C@H](C(=O)N[C@@H](CCCCN)C(=O)N[C@@H](CCCN=C(N)N)C(=O)N[C@@H](CC(C)C)C(=O)O)C(C)C)[C@@H](C)CC)C(C)C. The zero-order chi connectivity index (χ0) is 70.9. The van der Waals surface area contributed by atoms with Gasteiger partial charge in [0.1, 0.15) is 54.4 Å². The number of aliphatic imine (C=N–C) groups is 2. The van der Waals surface area contributed by atoms with Gasteiger partial charge in [0.15, 0.2) is 11.9 Å². The third kappa shape index (κ3) is 28.5. The average Bonchev–Trinajstić information content (AvgIpc) is 1.57. The maximum absolute atomic E-state index is 14.3. The Hall–Kier alpha value is -8.26. The Morgan fingerprint density at radius 2 is 0.979 bits per heavy atom. The quantitative estimate of drug-likeness (QED) is 0.0151. The number of hydrogen-bond donors (Lipinski definition) is 19. The molecule has 10 amide bonds. The van der Waals surface area contributed by atoms with Crippen molar-refractivity contribution in [2.45, 2.75) is 200 Å². The van der Waals surface area contributed by atoms with Crippen LogP contribution in [0, 0.1) is 29.6 Å². The molecule has 31 nitrogen and oxygen atoms in total. The van der Waals surface area contributed by atoms with E-state index < -0.39 is 150 Å². The minimum absolute atomic E-state index is 0.0133. The fourth-order valence-corrected chi connectivity index (χ4v) is 10.1. The van der Waals surface area contributed by atoms with E-state index in [1.807, 2.05) is 25.1 Å². The van der Waals surface area contributed by atoms with Gasteiger partial charge in [0.2, 0.25) is 59.1 Å². The van der Waals surface area contributed by atoms with Crippen LogP contribution in [0.2, 0.25) is 0 Å². The van der Waals surface area contributed by atoms with Crippen molar-refractivity contribution < 1.29 is 57.8 Å². The molecule has 32 heteroatoms. The molecule has 24 N–H and O–H groups in total. The first-order valence-corrected chi connectivity index (χ1v) is 32.9. The number of benzene rings is 1. The van der Waals surface area contributed by atoms with Gasteiger partial charge in [0.25, 0.3) is 0 Å². The highest BCUT2D eigenvalue weighted by Crippen LogP contribution is 2.20. The average molecular weight is 1340 g/mol. The molecular weight excluding hydrogens is 1230 g/mol. The first-order valence-electron chi connectivity index (χ1n) is 32.3. The molecule has 94 heavy (non-hydrogen) atoms. The van der Waals surface area contributed by atoms with E-state index >= 15 is 0 Å². The molecule has 0 bridgehead atoms. The number of para-hydroxylation sites is 1. The molecule has 1 aromatic heterocycles. The number of nitrogens with two attached hydrogens (primary N) is 6. The second-order valence-corrected chi connectivity index (χ2v) is 25.1. The van der Waals surface area contributed by atoms with Crippen LogP contribution < -0.4 is 87.6 Å². The smallest absolute Gasteiger partial charge is 0.326 e. The lowest BCUT2D eigenvalue weighted by molar-refractivity contribution is -0.143. The summed E-state index contributed by atoms with van der Waals surface area (Å²) < 4.78 is 0. The summed E-state index contributed by atoms with van der Waals surface area (Å²) in [5.74, 6) is -11.6. The highest BCUT2D eigenvalue weighted by Gasteiger charge is 2.37. The van der Waals surface area contributed by atoms with Crippen molar-refractivity contribution >= 4 is 100 Å². The first-order chi connectivity index (χ1) is 44.3. The summed E-state index contributed by atoms with van der Waals surface area (Å²) >= 11 is 4.32. The number of guanidine groups is 2. The summed E-state index contributed by atoms with van der Waals surface area (Å²) in [6, 6.07) is -5.21. The van der Waals surface area contributed by atoms with E-state index in [1.165, 1.54) is 0 Å². The third-order valence-corrected chi connectivity index (χ3v) is 16.3. The molecule has 0 fully saturated rings. The maximum Gasteiger partial charge on any atom is 0.326 e. The fraction of sp³-hybridized carbons (Fsp3) is 0.661. The molecule has 0 aliphatic rings. The van der Waals surface area contributed by atoms with Crippen molar-refractivity contribution in [2.24, 2.45) is 74.0 Å². The number of fused-ring (bicyclic) bond motifs is 1. The number of amides is 10. The molecule has 0 spiro atoms. The number of H-pyrrole nitrogens is 1. The van der Waals surface area contributed by atoms with E-state index in [4.69, 9.17) is 34.4 Å². The van der Waals surface area contributed by atoms with Crippen molar-refractivity contribution in [3.8, 4) is 0 Å². The van der Waals surface area contributed by atoms with Crippen molar-refractivity contribution in [2.75, 3.05) is 31.9 Å². The van der Waals surface area contributed by atoms with Crippen LogP contribution in [-0.2, 0) is 59.2 Å². The van der Waals surface area contributed by atoms with Crippen LogP contribution in [-0.4, -0.2) is 179 Å². The Labute approximate surface area is 556 Å². The number of unbranched alkanes of at least 4 members (excludes halogenated alkanes) is 1. The van der Waals surface area contributed by atoms with Gasteiger partial charge in [0, 0.05) is 42.4 Å². The topological polar surface area (TPSA) is 525 Å². The van der Waals surface area contributed by atoms with Gasteiger partial charge in [-0.05, 0) is 99.1 Å². The minimum atomic E-state index is -1.38. The number of rotatable bonds is 44. The summed E-state index contributed by atoms with van der Waals surface area (Å²) in [6.45, 7) is 17.2. The number of nitrogens with zero attached hydrogens (tertiary/aromatic N) is 2. The van der Waals surface area contributed by atoms with E-state index in [0.29, 0.717) is 31.2 Å². The number of aliphatic carboxylic acids is 1. The Bertz CT molecular complexity index is 2880. The van der Waals surface area contributed by atoms with Gasteiger partial charge in [-0.25, -0.2) is 4.79 Å². The van der Waals surface area contributed by atoms with Crippen molar-refractivity contribution in [3.05, 3.63) is 36.0 Å². The number of aromatic amines is 1. The van der Waals surface area contributed by atoms with Crippen molar-refractivity contribution in [1.29, 1.82) is 0 Å². The molecule has 0 aliphatic carbocycles. The summed E-state index contributed by atoms with van der Waals surface area (Å²) in [7, 11) is 0. The molecule has 528 valence electrons. The van der Waals surface area contributed by atoms with Crippen molar-refractivity contribution in [3.63, 3.8) is 0 Å². The van der Waals surface area contributed by atoms with Gasteiger partial charge in [-0.2, -0.15) is 12.6 Å². The molecule has 0 radical (unpaired) electrons. The normalized spacial score (nSPS) is 15.1. The predicted molar refractivity (Wildman–Crippen MR) is 363 cm³/mol. The Kier molecular flexibility index (Phi) is 36.7. The van der Waals surface area contributed by atoms with Crippen LogP contribution in [0.25, 0.3) is 10.9 Å². The number of carbonyl (C=O) groups is 11. The van der Waals surface area contributed by atoms with Gasteiger partial charge >= 0.3 is 5.97 Å². The van der Waals surface area contributed by atoms with E-state index in [2.05, 4.69) is 80.8 Å². The molecule has 0 saturated heterocycles. The van der Waals surface area contributed by atoms with Crippen LogP contribution in [0.5, 0.6) is 0 Å². The van der Waals surface area contributed by atoms with Gasteiger partial charge in [-0.3, -0.25) is 57.9 Å². The number of hydrogen-bond acceptors (Lipinski definition) is 16. The summed E-state index contributed by atoms with van der Waals surface area (Å²) in [4.78, 5) is 163. The number of carbonyl (C=O) groups excluding carboxylic acids is 10. The summed E-state index contributed by atoms with van der Waals surface area (Å²) in [5.41, 5.74) is 35.3. The number of carboxylic acids is 1. The van der Waals surface area contributed by atoms with Crippen LogP contribution in [0.3, 0.4) is 0 Å². The molecule has 1 heterocycles. The summed E-state index contributed by atoms with van der Waals surface area (Å²) in [5, 5.41) is 37.2. The molecule has 2 rings (SSSR count). The van der Waals surface area contributed by atoms with E-state index in [1.54, 1.807) is 74.6 Å². The van der Waals surface area contributed by atoms with Crippen molar-refractivity contribution in [1.82, 2.24) is 58.2 Å². The molecule has 0 aliphatic heterocycles. The van der Waals surface area contributed by atoms with Crippen LogP contribution in [0.4, 0.5) is 0 Å². The largest absolute Gasteiger partial charge is 0.480 e. The molecule has 0 saturated carbocycles. The fourth-order valence-electron chi connectivity index (χ4n) is 9.83. The zero-order valence-electron chi connectivity index (χ0n) is 56.1. The predicted octanol–water partition coefficient (Wildman–Crippen LogP) is -1.78. The van der Waals surface area contributed by atoms with Gasteiger partial charge < -0.3 is 97.7 Å². The zero-order valence-corrected chi connectivity index (χ0v) is 57.0. The monoisotopic (exact) mass is 1340 g/mol. The highest BCUT2D eigenvalue weighted by molar-refractivity contribution is 7.80. The van der Waals surface area contributed by atoms with E-state index in [-0.39, 0.29) is 94.1 Å². The summed E-state index contributed by atoms with van der Waals surface area (Å²) in [6.07, 6.45) is 4.05. The lowest BCUT2D eigenvalue weighted by Crippen LogP contribution is -2.61. The van der Waals surface area contributed by atoms with Gasteiger partial charge in [0.05, 0.1) is 12.6 Å². The minimum Gasteiger partial charge on any atom is -0.480 e. The molecule has 1 aromatic carbocycles. The van der Waals surface area contributed by atoms with E-state index in [0.717, 1.165) is 10.9 Å². The second-order valence-electron chi connectivity index (χ2n) is 24.8. The molecular formula is C62H107N19O12S. The van der Waals surface area contributed by atoms with E-state index in [9.17, 15) is 57.8 Å². The number of nitrogens with one attached hydrogen (secondary N) is 11. The Balaban J connectivity index is 2.37. The second kappa shape index (κ2) is 42.1. The lowest BCUT2D eigenvalue weighted by Gasteiger charge is -2.30. The maximum atomic E-state index is 14.3. The number of thiol groups is 1. The molecule has 2 aromatic rings. The number of carboxylic acid groups (broad SMARTS) is 1. The Morgan fingerprint density at radius 3 is 1.47 bits per heavy atom. The van der Waals surface area contributed by atoms with Gasteiger partial charge in [-0.15, -0.1) is 0 Å². The highest BCUT2D eigenvalue weighted by atomic mass is 32.1. The van der Waals surface area contributed by atoms with Crippen LogP contribution in [0.1, 0.15) is 139 Å².